The number of alkyl halides is 3. The van der Waals surface area contributed by atoms with Crippen molar-refractivity contribution >= 4 is 16.8 Å². The maximum Gasteiger partial charge on any atom is 0.439 e. The number of aliphatic imine (C=N–C) groups is 1. The summed E-state index contributed by atoms with van der Waals surface area (Å²) in [5.41, 5.74) is -1.03. The van der Waals surface area contributed by atoms with Crippen molar-refractivity contribution in [3.8, 4) is 0 Å². The average Bonchev–Trinajstić information content (AvgIpc) is 2.67. The first-order valence-corrected chi connectivity index (χ1v) is 5.66. The third-order valence-electron chi connectivity index (χ3n) is 2.59. The Morgan fingerprint density at radius 1 is 1.29 bits per heavy atom. The average molecular weight is 273 g/mol. The zero-order chi connectivity index (χ0) is 12.8. The van der Waals surface area contributed by atoms with Crippen LogP contribution in [0.4, 0.5) is 13.2 Å². The first-order chi connectivity index (χ1) is 7.84. The number of rotatable bonds is 1. The molecule has 5 atom stereocenters. The number of hydrogen-bond acceptors (Lipinski definition) is 6. The molecular weight excluding hydrogens is 263 g/mol. The van der Waals surface area contributed by atoms with Gasteiger partial charge in [-0.2, -0.15) is 13.2 Å². The molecule has 1 fully saturated rings. The smallest absolute Gasteiger partial charge is 0.394 e. The van der Waals surface area contributed by atoms with Crippen molar-refractivity contribution in [2.45, 2.75) is 36.0 Å². The van der Waals surface area contributed by atoms with Crippen LogP contribution in [0.3, 0.4) is 0 Å². The lowest BCUT2D eigenvalue weighted by atomic mass is 9.99. The van der Waals surface area contributed by atoms with E-state index in [1.165, 1.54) is 0 Å². The van der Waals surface area contributed by atoms with Gasteiger partial charge in [0.15, 0.2) is 5.04 Å². The lowest BCUT2D eigenvalue weighted by Crippen LogP contribution is -2.55. The molecule has 5 nitrogen and oxygen atoms in total. The van der Waals surface area contributed by atoms with Crippen LogP contribution in [0, 0.1) is 0 Å². The first-order valence-electron chi connectivity index (χ1n) is 4.78. The van der Waals surface area contributed by atoms with Gasteiger partial charge in [0.05, 0.1) is 6.61 Å². The van der Waals surface area contributed by atoms with Crippen LogP contribution >= 0.6 is 11.8 Å². The van der Waals surface area contributed by atoms with Crippen LogP contribution in [0.15, 0.2) is 4.99 Å². The monoisotopic (exact) mass is 273 g/mol. The highest BCUT2D eigenvalue weighted by molar-refractivity contribution is 8.14. The SMILES string of the molecule is OC[C@H]1O[C@H]2SC(C(F)(F)F)=NC2[C@@H](O)[C@@H]1O. The number of nitrogens with zero attached hydrogens (tertiary/aromatic N) is 1. The first kappa shape index (κ1) is 13.1. The van der Waals surface area contributed by atoms with Crippen LogP contribution in [0.25, 0.3) is 0 Å². The highest BCUT2D eigenvalue weighted by atomic mass is 32.2. The van der Waals surface area contributed by atoms with Gasteiger partial charge in [-0.15, -0.1) is 0 Å². The standard InChI is InChI=1S/C8H10F3NO4S/c9-8(10,11)7-12-3-5(15)4(14)2(1-13)16-6(3)17-7/h2-6,13-15H,1H2/t2-,3?,4-,5-,6+/m1/s1. The van der Waals surface area contributed by atoms with Crippen molar-refractivity contribution in [2.24, 2.45) is 4.99 Å². The summed E-state index contributed by atoms with van der Waals surface area (Å²) in [4.78, 5) is 3.32. The van der Waals surface area contributed by atoms with Crippen LogP contribution in [0.5, 0.6) is 0 Å². The van der Waals surface area contributed by atoms with Gasteiger partial charge in [-0.05, 0) is 0 Å². The van der Waals surface area contributed by atoms with Crippen LogP contribution < -0.4 is 0 Å². The number of fused-ring (bicyclic) bond motifs is 1. The van der Waals surface area contributed by atoms with E-state index in [2.05, 4.69) is 4.99 Å². The predicted octanol–water partition coefficient (Wildman–Crippen LogP) is -0.498. The fraction of sp³-hybridized carbons (Fsp3) is 0.875. The molecule has 98 valence electrons. The van der Waals surface area contributed by atoms with E-state index in [0.717, 1.165) is 0 Å². The number of aliphatic hydroxyl groups excluding tert-OH is 3. The highest BCUT2D eigenvalue weighted by Crippen LogP contribution is 2.41. The largest absolute Gasteiger partial charge is 0.439 e. The minimum Gasteiger partial charge on any atom is -0.394 e. The van der Waals surface area contributed by atoms with Gasteiger partial charge >= 0.3 is 6.18 Å². The summed E-state index contributed by atoms with van der Waals surface area (Å²) in [6, 6.07) is -1.16. The summed E-state index contributed by atoms with van der Waals surface area (Å²) in [5, 5.41) is 26.9. The molecule has 0 spiro atoms. The fourth-order valence-electron chi connectivity index (χ4n) is 1.72. The molecule has 0 aromatic carbocycles. The van der Waals surface area contributed by atoms with Crippen LogP contribution in [0.2, 0.25) is 0 Å². The lowest BCUT2D eigenvalue weighted by Gasteiger charge is -2.37. The highest BCUT2D eigenvalue weighted by Gasteiger charge is 2.52. The van der Waals surface area contributed by atoms with Crippen molar-refractivity contribution in [3.05, 3.63) is 0 Å². The van der Waals surface area contributed by atoms with Gasteiger partial charge in [-0.3, -0.25) is 4.99 Å². The molecule has 1 saturated heterocycles. The lowest BCUT2D eigenvalue weighted by molar-refractivity contribution is -0.164. The van der Waals surface area contributed by atoms with E-state index in [1.54, 1.807) is 0 Å². The third-order valence-corrected chi connectivity index (χ3v) is 3.77. The second kappa shape index (κ2) is 4.39. The normalized spacial score (nSPS) is 42.2. The Bertz CT molecular complexity index is 337. The number of thioether (sulfide) groups is 1. The quantitative estimate of drug-likeness (QED) is 0.600. The van der Waals surface area contributed by atoms with Gasteiger partial charge in [-0.1, -0.05) is 11.8 Å². The fourth-order valence-corrected chi connectivity index (χ4v) is 2.81. The summed E-state index contributed by atoms with van der Waals surface area (Å²) in [6.45, 7) is -0.580. The summed E-state index contributed by atoms with van der Waals surface area (Å²) in [6.07, 6.45) is -8.61. The minimum atomic E-state index is -4.59. The van der Waals surface area contributed by atoms with Crippen LogP contribution in [-0.4, -0.2) is 62.9 Å². The van der Waals surface area contributed by atoms with E-state index in [4.69, 9.17) is 9.84 Å². The summed E-state index contributed by atoms with van der Waals surface area (Å²) >= 11 is 0.347. The van der Waals surface area contributed by atoms with Crippen LogP contribution in [0.1, 0.15) is 0 Å². The van der Waals surface area contributed by atoms with Gasteiger partial charge in [0.1, 0.15) is 29.8 Å². The molecule has 0 amide bonds. The van der Waals surface area contributed by atoms with Gasteiger partial charge < -0.3 is 20.1 Å². The topological polar surface area (TPSA) is 82.3 Å². The van der Waals surface area contributed by atoms with Gasteiger partial charge in [-0.25, -0.2) is 0 Å². The maximum absolute atomic E-state index is 12.4. The molecule has 0 aliphatic carbocycles. The Balaban J connectivity index is 2.18. The maximum atomic E-state index is 12.4. The van der Waals surface area contributed by atoms with E-state index in [0.29, 0.717) is 11.8 Å². The molecule has 0 saturated carbocycles. The second-order valence-corrected chi connectivity index (χ2v) is 4.83. The molecule has 0 aromatic rings. The molecule has 2 aliphatic heterocycles. The Hall–Kier alpha value is -0.350. The van der Waals surface area contributed by atoms with Gasteiger partial charge in [0.2, 0.25) is 0 Å². The van der Waals surface area contributed by atoms with Crippen molar-refractivity contribution in [2.75, 3.05) is 6.61 Å². The van der Waals surface area contributed by atoms with Crippen molar-refractivity contribution in [1.82, 2.24) is 0 Å². The Labute approximate surface area is 98.3 Å². The number of halogens is 3. The Kier molecular flexibility index (Phi) is 3.38. The number of hydrogen-bond donors (Lipinski definition) is 3. The van der Waals surface area contributed by atoms with Crippen molar-refractivity contribution < 1.29 is 33.2 Å². The van der Waals surface area contributed by atoms with Crippen molar-refractivity contribution in [3.63, 3.8) is 0 Å². The minimum absolute atomic E-state index is 0.347. The second-order valence-electron chi connectivity index (χ2n) is 3.75. The molecule has 2 heterocycles. The van der Waals surface area contributed by atoms with E-state index < -0.39 is 47.6 Å². The molecule has 3 N–H and O–H groups in total. The molecule has 17 heavy (non-hydrogen) atoms. The van der Waals surface area contributed by atoms with Gasteiger partial charge in [0.25, 0.3) is 0 Å². The summed E-state index contributed by atoms with van der Waals surface area (Å²) < 4.78 is 42.3. The Morgan fingerprint density at radius 2 is 1.94 bits per heavy atom. The number of aliphatic hydroxyl groups is 3. The summed E-state index contributed by atoms with van der Waals surface area (Å²) in [7, 11) is 0. The molecule has 0 aromatic heterocycles. The molecular formula is C8H10F3NO4S. The Morgan fingerprint density at radius 3 is 2.47 bits per heavy atom. The zero-order valence-corrected chi connectivity index (χ0v) is 9.15. The molecule has 2 rings (SSSR count). The third kappa shape index (κ3) is 2.29. The van der Waals surface area contributed by atoms with E-state index in [-0.39, 0.29) is 0 Å². The molecule has 0 radical (unpaired) electrons. The predicted molar refractivity (Wildman–Crippen MR) is 52.6 cm³/mol. The molecule has 0 bridgehead atoms. The van der Waals surface area contributed by atoms with E-state index >= 15 is 0 Å². The summed E-state index contributed by atoms with van der Waals surface area (Å²) in [5.74, 6) is 0. The van der Waals surface area contributed by atoms with E-state index in [1.807, 2.05) is 0 Å². The van der Waals surface area contributed by atoms with Crippen LogP contribution in [-0.2, 0) is 4.74 Å². The zero-order valence-electron chi connectivity index (χ0n) is 8.33. The van der Waals surface area contributed by atoms with Crippen molar-refractivity contribution in [1.29, 1.82) is 0 Å². The molecule has 9 heteroatoms. The molecule has 2 aliphatic rings. The van der Waals surface area contributed by atoms with Gasteiger partial charge in [0, 0.05) is 0 Å². The van der Waals surface area contributed by atoms with E-state index in [9.17, 15) is 23.4 Å². The number of ether oxygens (including phenoxy) is 1. The molecule has 1 unspecified atom stereocenters.